The molecule has 0 aliphatic carbocycles. The maximum atomic E-state index is 11.9. The van der Waals surface area contributed by atoms with Gasteiger partial charge in [-0.2, -0.15) is 0 Å². The van der Waals surface area contributed by atoms with Crippen LogP contribution in [0, 0.1) is 0 Å². The smallest absolute Gasteiger partial charge is 0.236 e. The summed E-state index contributed by atoms with van der Waals surface area (Å²) in [6.07, 6.45) is 5.11. The zero-order chi connectivity index (χ0) is 13.9. The van der Waals surface area contributed by atoms with Gasteiger partial charge < -0.3 is 4.74 Å². The molecule has 0 atom stereocenters. The molecule has 0 fully saturated rings. The van der Waals surface area contributed by atoms with E-state index in [1.165, 1.54) is 10.9 Å². The maximum absolute atomic E-state index is 11.9. The first-order valence-electron chi connectivity index (χ1n) is 6.23. The highest BCUT2D eigenvalue weighted by molar-refractivity contribution is 5.81. The first-order chi connectivity index (χ1) is 8.94. The Morgan fingerprint density at radius 1 is 1.26 bits per heavy atom. The van der Waals surface area contributed by atoms with E-state index in [-0.39, 0.29) is 11.5 Å². The number of hydrogen-bond donors (Lipinski definition) is 0. The molecule has 0 radical (unpaired) electrons. The molecule has 1 heterocycles. The molecule has 19 heavy (non-hydrogen) atoms. The van der Waals surface area contributed by atoms with Crippen LogP contribution in [0.2, 0.25) is 0 Å². The molecular weight excluding hydrogens is 240 g/mol. The van der Waals surface area contributed by atoms with Gasteiger partial charge in [-0.25, -0.2) is 4.98 Å². The normalized spacial score (nSPS) is 11.3. The average Bonchev–Trinajstić information content (AvgIpc) is 2.83. The van der Waals surface area contributed by atoms with Crippen molar-refractivity contribution in [1.29, 1.82) is 0 Å². The molecule has 0 N–H and O–H groups in total. The van der Waals surface area contributed by atoms with Crippen LogP contribution in [0.25, 0.3) is 0 Å². The maximum Gasteiger partial charge on any atom is 0.236 e. The summed E-state index contributed by atoms with van der Waals surface area (Å²) in [6, 6.07) is 7.61. The molecule has 0 saturated carbocycles. The van der Waals surface area contributed by atoms with E-state index >= 15 is 0 Å². The number of rotatable bonds is 3. The molecule has 100 valence electrons. The van der Waals surface area contributed by atoms with Crippen LogP contribution in [-0.4, -0.2) is 21.1 Å². The third kappa shape index (κ3) is 3.95. The van der Waals surface area contributed by atoms with Crippen LogP contribution >= 0.6 is 0 Å². The second-order valence-electron chi connectivity index (χ2n) is 5.40. The summed E-state index contributed by atoms with van der Waals surface area (Å²) in [5.41, 5.74) is 0.744. The number of imidazole rings is 1. The van der Waals surface area contributed by atoms with E-state index < -0.39 is 0 Å². The predicted octanol–water partition coefficient (Wildman–Crippen LogP) is 2.94. The minimum atomic E-state index is -0.214. The van der Waals surface area contributed by atoms with Crippen LogP contribution in [0.1, 0.15) is 31.1 Å². The molecule has 1 aromatic carbocycles. The average molecular weight is 258 g/mol. The lowest BCUT2D eigenvalue weighted by molar-refractivity contribution is 0.0913. The number of hydrogen-bond acceptors (Lipinski definition) is 3. The fraction of sp³-hybridized carbons (Fsp3) is 0.333. The molecule has 4 nitrogen and oxygen atoms in total. The molecule has 0 unspecified atom stereocenters. The Hall–Kier alpha value is -2.10. The molecule has 0 amide bonds. The Morgan fingerprint density at radius 3 is 2.47 bits per heavy atom. The third-order valence-electron chi connectivity index (χ3n) is 2.50. The molecule has 2 rings (SSSR count). The van der Waals surface area contributed by atoms with Crippen molar-refractivity contribution in [3.8, 4) is 5.75 Å². The van der Waals surface area contributed by atoms with E-state index in [4.69, 9.17) is 4.74 Å². The van der Waals surface area contributed by atoms with Crippen LogP contribution in [0.15, 0.2) is 43.0 Å². The monoisotopic (exact) mass is 258 g/mol. The van der Waals surface area contributed by atoms with Gasteiger partial charge >= 0.3 is 0 Å². The fourth-order valence-corrected chi connectivity index (χ4v) is 1.70. The molecule has 0 bridgehead atoms. The summed E-state index contributed by atoms with van der Waals surface area (Å²) in [5, 5.41) is 0. The molecule has 0 saturated heterocycles. The Kier molecular flexibility index (Phi) is 3.69. The Bertz CT molecular complexity index is 537. The molecule has 4 heteroatoms. The highest BCUT2D eigenvalue weighted by atomic mass is 16.5. The number of ether oxygens (including phenoxy) is 1. The SMILES string of the molecule is CC(C)(C)Oc1ccc(CC(=O)n2ccnc2)cc1. The quantitative estimate of drug-likeness (QED) is 0.850. The van der Waals surface area contributed by atoms with Gasteiger partial charge in [-0.15, -0.1) is 0 Å². The van der Waals surface area contributed by atoms with E-state index in [1.807, 2.05) is 45.0 Å². The second kappa shape index (κ2) is 5.26. The highest BCUT2D eigenvalue weighted by Crippen LogP contribution is 2.18. The topological polar surface area (TPSA) is 44.1 Å². The molecule has 0 aliphatic heterocycles. The van der Waals surface area contributed by atoms with Crippen molar-refractivity contribution in [2.24, 2.45) is 0 Å². The Balaban J connectivity index is 2.01. The summed E-state index contributed by atoms with van der Waals surface area (Å²) in [4.78, 5) is 15.7. The van der Waals surface area contributed by atoms with E-state index in [1.54, 1.807) is 12.4 Å². The Labute approximate surface area is 113 Å². The molecule has 2 aromatic rings. The Morgan fingerprint density at radius 2 is 1.95 bits per heavy atom. The first kappa shape index (κ1) is 13.3. The molecule has 0 spiro atoms. The van der Waals surface area contributed by atoms with Crippen LogP contribution in [-0.2, 0) is 6.42 Å². The van der Waals surface area contributed by atoms with Crippen molar-refractivity contribution in [2.45, 2.75) is 32.8 Å². The van der Waals surface area contributed by atoms with Gasteiger partial charge in [-0.1, -0.05) is 12.1 Å². The van der Waals surface area contributed by atoms with Gasteiger partial charge in [0.05, 0.1) is 6.42 Å². The van der Waals surface area contributed by atoms with Gasteiger partial charge in [0.25, 0.3) is 0 Å². The number of carbonyl (C=O) groups excluding carboxylic acids is 1. The van der Waals surface area contributed by atoms with Crippen molar-refractivity contribution < 1.29 is 9.53 Å². The molecule has 0 aliphatic rings. The number of aromatic nitrogens is 2. The minimum absolute atomic E-state index is 0.00184. The van der Waals surface area contributed by atoms with Gasteiger partial charge in [0.1, 0.15) is 17.7 Å². The highest BCUT2D eigenvalue weighted by Gasteiger charge is 2.12. The van der Waals surface area contributed by atoms with Gasteiger partial charge in [0.15, 0.2) is 0 Å². The standard InChI is InChI=1S/C15H18N2O2/c1-15(2,3)19-13-6-4-12(5-7-13)10-14(18)17-9-8-16-11-17/h4-9,11H,10H2,1-3H3. The summed E-state index contributed by atoms with van der Waals surface area (Å²) in [6.45, 7) is 6.01. The molecular formula is C15H18N2O2. The summed E-state index contributed by atoms with van der Waals surface area (Å²) >= 11 is 0. The van der Waals surface area contributed by atoms with Crippen LogP contribution in [0.4, 0.5) is 0 Å². The van der Waals surface area contributed by atoms with Crippen molar-refractivity contribution >= 4 is 5.91 Å². The minimum Gasteiger partial charge on any atom is -0.488 e. The first-order valence-corrected chi connectivity index (χ1v) is 6.23. The van der Waals surface area contributed by atoms with Crippen molar-refractivity contribution in [2.75, 3.05) is 0 Å². The lowest BCUT2D eigenvalue weighted by atomic mass is 10.1. The number of carbonyl (C=O) groups is 1. The third-order valence-corrected chi connectivity index (χ3v) is 2.50. The summed E-state index contributed by atoms with van der Waals surface area (Å²) in [7, 11) is 0. The van der Waals surface area contributed by atoms with E-state index in [0.717, 1.165) is 11.3 Å². The van der Waals surface area contributed by atoms with Crippen LogP contribution in [0.5, 0.6) is 5.75 Å². The van der Waals surface area contributed by atoms with E-state index in [9.17, 15) is 4.79 Å². The molecule has 1 aromatic heterocycles. The van der Waals surface area contributed by atoms with Crippen LogP contribution in [0.3, 0.4) is 0 Å². The van der Waals surface area contributed by atoms with E-state index in [2.05, 4.69) is 4.98 Å². The second-order valence-corrected chi connectivity index (χ2v) is 5.40. The fourth-order valence-electron chi connectivity index (χ4n) is 1.70. The number of benzene rings is 1. The van der Waals surface area contributed by atoms with Gasteiger partial charge in [-0.3, -0.25) is 9.36 Å². The largest absolute Gasteiger partial charge is 0.488 e. The lowest BCUT2D eigenvalue weighted by Gasteiger charge is -2.21. The van der Waals surface area contributed by atoms with Gasteiger partial charge in [0.2, 0.25) is 5.91 Å². The van der Waals surface area contributed by atoms with Gasteiger partial charge in [0, 0.05) is 12.4 Å². The predicted molar refractivity (Wildman–Crippen MR) is 73.4 cm³/mol. The zero-order valence-electron chi connectivity index (χ0n) is 11.5. The number of nitrogens with zero attached hydrogens (tertiary/aromatic N) is 2. The zero-order valence-corrected chi connectivity index (χ0v) is 11.5. The lowest BCUT2D eigenvalue weighted by Crippen LogP contribution is -2.22. The van der Waals surface area contributed by atoms with E-state index in [0.29, 0.717) is 6.42 Å². The summed E-state index contributed by atoms with van der Waals surface area (Å²) < 4.78 is 7.22. The van der Waals surface area contributed by atoms with Crippen molar-refractivity contribution in [3.63, 3.8) is 0 Å². The van der Waals surface area contributed by atoms with Crippen LogP contribution < -0.4 is 4.74 Å². The van der Waals surface area contributed by atoms with Crippen molar-refractivity contribution in [3.05, 3.63) is 48.5 Å². The van der Waals surface area contributed by atoms with Crippen molar-refractivity contribution in [1.82, 2.24) is 9.55 Å². The summed E-state index contributed by atoms with van der Waals surface area (Å²) in [5.74, 6) is 0.813. The van der Waals surface area contributed by atoms with Gasteiger partial charge in [-0.05, 0) is 38.5 Å².